The largest absolute Gasteiger partial charge is 0.478 e. The Labute approximate surface area is 94.0 Å². The van der Waals surface area contributed by atoms with Gasteiger partial charge in [0.25, 0.3) is 0 Å². The van der Waals surface area contributed by atoms with Crippen LogP contribution in [0.4, 0.5) is 0 Å². The van der Waals surface area contributed by atoms with E-state index in [0.29, 0.717) is 6.42 Å². The molecule has 4 nitrogen and oxygen atoms in total. The Balaban J connectivity index is 2.52. The first-order valence-electron chi connectivity index (χ1n) is 4.98. The zero-order valence-corrected chi connectivity index (χ0v) is 8.78. The van der Waals surface area contributed by atoms with Crippen molar-refractivity contribution < 1.29 is 15.0 Å². The van der Waals surface area contributed by atoms with Gasteiger partial charge in [-0.25, -0.2) is 4.79 Å². The first-order chi connectivity index (χ1) is 7.59. The van der Waals surface area contributed by atoms with Crippen molar-refractivity contribution in [3.63, 3.8) is 0 Å². The van der Waals surface area contributed by atoms with E-state index in [2.05, 4.69) is 0 Å². The average Bonchev–Trinajstić information content (AvgIpc) is 2.27. The Morgan fingerprint density at radius 3 is 2.56 bits per heavy atom. The Hall–Kier alpha value is -1.65. The van der Waals surface area contributed by atoms with Gasteiger partial charge in [0.05, 0.1) is 6.10 Å². The van der Waals surface area contributed by atoms with Crippen LogP contribution in [0.2, 0.25) is 0 Å². The molecule has 0 aliphatic carbocycles. The van der Waals surface area contributed by atoms with Crippen molar-refractivity contribution in [2.75, 3.05) is 0 Å². The van der Waals surface area contributed by atoms with E-state index in [-0.39, 0.29) is 0 Å². The highest BCUT2D eigenvalue weighted by Gasteiger charge is 2.12. The molecule has 4 N–H and O–H groups in total. The van der Waals surface area contributed by atoms with E-state index in [1.54, 1.807) is 0 Å². The van der Waals surface area contributed by atoms with E-state index < -0.39 is 18.1 Å². The minimum atomic E-state index is -1.09. The average molecular weight is 221 g/mol. The van der Waals surface area contributed by atoms with E-state index in [9.17, 15) is 9.90 Å². The fourth-order valence-corrected chi connectivity index (χ4v) is 1.33. The normalized spacial score (nSPS) is 14.9. The molecule has 0 saturated heterocycles. The molecule has 4 heteroatoms. The third-order valence-corrected chi connectivity index (χ3v) is 2.19. The summed E-state index contributed by atoms with van der Waals surface area (Å²) in [6.07, 6.45) is 1.65. The molecule has 2 atom stereocenters. The second kappa shape index (κ2) is 6.05. The fourth-order valence-electron chi connectivity index (χ4n) is 1.33. The number of nitrogens with two attached hydrogens (primary N) is 1. The number of carboxylic acids is 1. The van der Waals surface area contributed by atoms with Crippen LogP contribution in [0.5, 0.6) is 0 Å². The predicted octanol–water partition coefficient (Wildman–Crippen LogP) is 0.558. The van der Waals surface area contributed by atoms with Gasteiger partial charge in [-0.05, 0) is 18.1 Å². The highest BCUT2D eigenvalue weighted by Crippen LogP contribution is 2.05. The molecular formula is C12H15NO3. The third-order valence-electron chi connectivity index (χ3n) is 2.19. The summed E-state index contributed by atoms with van der Waals surface area (Å²) in [6.45, 7) is 0. The van der Waals surface area contributed by atoms with Crippen LogP contribution in [0.25, 0.3) is 0 Å². The van der Waals surface area contributed by atoms with Gasteiger partial charge >= 0.3 is 5.97 Å². The summed E-state index contributed by atoms with van der Waals surface area (Å²) in [5, 5.41) is 17.9. The Bertz CT molecular complexity index is 362. The Morgan fingerprint density at radius 1 is 1.38 bits per heavy atom. The number of aliphatic hydroxyl groups excluding tert-OH is 1. The number of rotatable bonds is 5. The molecule has 1 aromatic rings. The predicted molar refractivity (Wildman–Crippen MR) is 60.9 cm³/mol. The highest BCUT2D eigenvalue weighted by molar-refractivity contribution is 5.79. The second-order valence-corrected chi connectivity index (χ2v) is 3.54. The summed E-state index contributed by atoms with van der Waals surface area (Å²) >= 11 is 0. The number of hydrogen-bond acceptors (Lipinski definition) is 3. The number of aliphatic hydroxyl groups is 1. The molecule has 1 aromatic carbocycles. The molecule has 0 saturated carbocycles. The van der Waals surface area contributed by atoms with Gasteiger partial charge in [0.2, 0.25) is 0 Å². The molecule has 1 rings (SSSR count). The van der Waals surface area contributed by atoms with Crippen molar-refractivity contribution in [1.29, 1.82) is 0 Å². The van der Waals surface area contributed by atoms with Crippen LogP contribution in [0.15, 0.2) is 42.5 Å². The maximum atomic E-state index is 10.2. The lowest BCUT2D eigenvalue weighted by Crippen LogP contribution is -2.35. The quantitative estimate of drug-likeness (QED) is 0.634. The minimum absolute atomic E-state index is 0.502. The topological polar surface area (TPSA) is 83.5 Å². The zero-order chi connectivity index (χ0) is 12.0. The summed E-state index contributed by atoms with van der Waals surface area (Å²) in [5.41, 5.74) is 6.75. The van der Waals surface area contributed by atoms with Gasteiger partial charge in [0.1, 0.15) is 0 Å². The number of hydrogen-bond donors (Lipinski definition) is 3. The minimum Gasteiger partial charge on any atom is -0.478 e. The molecule has 16 heavy (non-hydrogen) atoms. The van der Waals surface area contributed by atoms with Gasteiger partial charge in [-0.15, -0.1) is 0 Å². The number of aliphatic carboxylic acids is 1. The molecule has 0 spiro atoms. The van der Waals surface area contributed by atoms with E-state index >= 15 is 0 Å². The van der Waals surface area contributed by atoms with Crippen molar-refractivity contribution in [3.05, 3.63) is 48.0 Å². The van der Waals surface area contributed by atoms with Gasteiger partial charge in [0.15, 0.2) is 0 Å². The van der Waals surface area contributed by atoms with E-state index in [0.717, 1.165) is 11.6 Å². The number of carboxylic acid groups (broad SMARTS) is 1. The monoisotopic (exact) mass is 221 g/mol. The molecule has 0 fully saturated rings. The molecule has 0 aliphatic rings. The van der Waals surface area contributed by atoms with E-state index in [1.807, 2.05) is 30.3 Å². The lowest BCUT2D eigenvalue weighted by molar-refractivity contribution is -0.131. The van der Waals surface area contributed by atoms with Crippen molar-refractivity contribution in [2.45, 2.75) is 18.6 Å². The molecule has 0 bridgehead atoms. The second-order valence-electron chi connectivity index (χ2n) is 3.54. The molecule has 0 amide bonds. The maximum absolute atomic E-state index is 10.2. The summed E-state index contributed by atoms with van der Waals surface area (Å²) < 4.78 is 0. The van der Waals surface area contributed by atoms with Gasteiger partial charge < -0.3 is 15.9 Å². The van der Waals surface area contributed by atoms with E-state index in [1.165, 1.54) is 6.08 Å². The van der Waals surface area contributed by atoms with Gasteiger partial charge in [0, 0.05) is 12.1 Å². The van der Waals surface area contributed by atoms with Gasteiger partial charge in [-0.3, -0.25) is 0 Å². The number of carbonyl (C=O) groups is 1. The summed E-state index contributed by atoms with van der Waals surface area (Å²) in [5.74, 6) is -1.09. The Morgan fingerprint density at radius 2 is 2.00 bits per heavy atom. The zero-order valence-electron chi connectivity index (χ0n) is 8.78. The Kier molecular flexibility index (Phi) is 4.69. The standard InChI is InChI=1S/C12H15NO3/c13-10(11(14)6-7-12(15)16)8-9-4-2-1-3-5-9/h1-7,10-11,14H,8,13H2,(H,15,16)/b7-6+/t10-,11+/m0/s1. The van der Waals surface area contributed by atoms with Crippen molar-refractivity contribution in [1.82, 2.24) is 0 Å². The van der Waals surface area contributed by atoms with Crippen LogP contribution < -0.4 is 5.73 Å². The summed E-state index contributed by atoms with van der Waals surface area (Å²) in [6, 6.07) is 9.00. The van der Waals surface area contributed by atoms with Crippen LogP contribution in [0.1, 0.15) is 5.56 Å². The maximum Gasteiger partial charge on any atom is 0.328 e. The van der Waals surface area contributed by atoms with Gasteiger partial charge in [-0.1, -0.05) is 30.3 Å². The summed E-state index contributed by atoms with van der Waals surface area (Å²) in [4.78, 5) is 10.2. The smallest absolute Gasteiger partial charge is 0.328 e. The van der Waals surface area contributed by atoms with Crippen LogP contribution in [-0.4, -0.2) is 28.3 Å². The molecule has 0 aromatic heterocycles. The third kappa shape index (κ3) is 4.25. The van der Waals surface area contributed by atoms with Crippen LogP contribution in [-0.2, 0) is 11.2 Å². The molecule has 0 radical (unpaired) electrons. The van der Waals surface area contributed by atoms with Crippen molar-refractivity contribution in [3.8, 4) is 0 Å². The van der Waals surface area contributed by atoms with Gasteiger partial charge in [-0.2, -0.15) is 0 Å². The van der Waals surface area contributed by atoms with Crippen LogP contribution in [0.3, 0.4) is 0 Å². The lowest BCUT2D eigenvalue weighted by atomic mass is 10.0. The SMILES string of the molecule is N[C@@H](Cc1ccccc1)[C@H](O)/C=C/C(=O)O. The molecule has 86 valence electrons. The van der Waals surface area contributed by atoms with Crippen LogP contribution >= 0.6 is 0 Å². The highest BCUT2D eigenvalue weighted by atomic mass is 16.4. The fraction of sp³-hybridized carbons (Fsp3) is 0.250. The molecule has 0 heterocycles. The summed E-state index contributed by atoms with van der Waals surface area (Å²) in [7, 11) is 0. The number of benzene rings is 1. The molecular weight excluding hydrogens is 206 g/mol. The van der Waals surface area contributed by atoms with Crippen LogP contribution in [0, 0.1) is 0 Å². The van der Waals surface area contributed by atoms with Crippen molar-refractivity contribution >= 4 is 5.97 Å². The lowest BCUT2D eigenvalue weighted by Gasteiger charge is -2.15. The molecule has 0 unspecified atom stereocenters. The van der Waals surface area contributed by atoms with E-state index in [4.69, 9.17) is 10.8 Å². The van der Waals surface area contributed by atoms with Crippen molar-refractivity contribution in [2.24, 2.45) is 5.73 Å². The first kappa shape index (κ1) is 12.4. The molecule has 0 aliphatic heterocycles. The first-order valence-corrected chi connectivity index (χ1v) is 4.98.